The Morgan fingerprint density at radius 2 is 2.06 bits per heavy atom. The van der Waals surface area contributed by atoms with Crippen LogP contribution in [0.2, 0.25) is 0 Å². The molecule has 1 fully saturated rings. The Hall–Kier alpha value is -1.06. The first-order valence-electron chi connectivity index (χ1n) is 6.78. The summed E-state index contributed by atoms with van der Waals surface area (Å²) < 4.78 is 5.54. The number of hydrogen-bond acceptors (Lipinski definition) is 3. The van der Waals surface area contributed by atoms with E-state index < -0.39 is 0 Å². The first-order valence-corrected chi connectivity index (χ1v) is 6.78. The lowest BCUT2D eigenvalue weighted by atomic mass is 10.0. The van der Waals surface area contributed by atoms with Gasteiger partial charge >= 0.3 is 0 Å². The number of rotatable bonds is 3. The lowest BCUT2D eigenvalue weighted by Gasteiger charge is -2.22. The standard InChI is InChI=1S/C15H24N2O/c1-12-9-13(2)14(15(10-12)18-3)11-17-7-4-5-16-6-8-17/h9-10,16H,4-8,11H2,1-3H3. The van der Waals surface area contributed by atoms with E-state index in [0.29, 0.717) is 0 Å². The number of hydrogen-bond donors (Lipinski definition) is 1. The molecule has 0 bridgehead atoms. The number of ether oxygens (including phenoxy) is 1. The Bertz CT molecular complexity index is 396. The van der Waals surface area contributed by atoms with Crippen molar-refractivity contribution < 1.29 is 4.74 Å². The third kappa shape index (κ3) is 3.24. The molecule has 0 saturated carbocycles. The highest BCUT2D eigenvalue weighted by Gasteiger charge is 2.14. The highest BCUT2D eigenvalue weighted by atomic mass is 16.5. The van der Waals surface area contributed by atoms with E-state index in [1.54, 1.807) is 7.11 Å². The van der Waals surface area contributed by atoms with Crippen molar-refractivity contribution in [3.63, 3.8) is 0 Å². The summed E-state index contributed by atoms with van der Waals surface area (Å²) in [6.45, 7) is 9.82. The molecule has 3 heteroatoms. The average molecular weight is 248 g/mol. The Kier molecular flexibility index (Phi) is 4.61. The summed E-state index contributed by atoms with van der Waals surface area (Å²) in [7, 11) is 1.77. The lowest BCUT2D eigenvalue weighted by molar-refractivity contribution is 0.278. The molecule has 1 aliphatic heterocycles. The van der Waals surface area contributed by atoms with Crippen molar-refractivity contribution in [2.24, 2.45) is 0 Å². The Morgan fingerprint density at radius 1 is 1.22 bits per heavy atom. The summed E-state index contributed by atoms with van der Waals surface area (Å²) in [6, 6.07) is 4.38. The molecule has 0 unspecified atom stereocenters. The van der Waals surface area contributed by atoms with E-state index in [0.717, 1.165) is 31.9 Å². The van der Waals surface area contributed by atoms with E-state index in [9.17, 15) is 0 Å². The predicted octanol–water partition coefficient (Wildman–Crippen LogP) is 2.11. The molecule has 1 aromatic carbocycles. The Morgan fingerprint density at radius 3 is 2.83 bits per heavy atom. The van der Waals surface area contributed by atoms with Gasteiger partial charge in [-0.15, -0.1) is 0 Å². The van der Waals surface area contributed by atoms with E-state index in [1.165, 1.54) is 29.7 Å². The van der Waals surface area contributed by atoms with Crippen LogP contribution in [0.1, 0.15) is 23.1 Å². The summed E-state index contributed by atoms with van der Waals surface area (Å²) in [6.07, 6.45) is 1.23. The van der Waals surface area contributed by atoms with Gasteiger partial charge in [0.05, 0.1) is 7.11 Å². The van der Waals surface area contributed by atoms with Crippen LogP contribution < -0.4 is 10.1 Å². The molecule has 1 saturated heterocycles. The van der Waals surface area contributed by atoms with Crippen LogP contribution in [0.15, 0.2) is 12.1 Å². The van der Waals surface area contributed by atoms with Gasteiger partial charge < -0.3 is 10.1 Å². The van der Waals surface area contributed by atoms with Crippen molar-refractivity contribution in [2.45, 2.75) is 26.8 Å². The van der Waals surface area contributed by atoms with Gasteiger partial charge in [-0.1, -0.05) is 6.07 Å². The number of nitrogens with one attached hydrogen (secondary N) is 1. The first kappa shape index (κ1) is 13.4. The van der Waals surface area contributed by atoms with Crippen molar-refractivity contribution in [3.05, 3.63) is 28.8 Å². The zero-order chi connectivity index (χ0) is 13.0. The van der Waals surface area contributed by atoms with Gasteiger partial charge in [0.2, 0.25) is 0 Å². The fraction of sp³-hybridized carbons (Fsp3) is 0.600. The normalized spacial score (nSPS) is 17.5. The molecule has 3 nitrogen and oxygen atoms in total. The van der Waals surface area contributed by atoms with Crippen molar-refractivity contribution >= 4 is 0 Å². The minimum atomic E-state index is 0.997. The van der Waals surface area contributed by atoms with Crippen molar-refractivity contribution in [1.82, 2.24) is 10.2 Å². The maximum absolute atomic E-state index is 5.54. The maximum atomic E-state index is 5.54. The van der Waals surface area contributed by atoms with E-state index >= 15 is 0 Å². The van der Waals surface area contributed by atoms with Crippen LogP contribution >= 0.6 is 0 Å². The van der Waals surface area contributed by atoms with Crippen LogP contribution in [0.4, 0.5) is 0 Å². The smallest absolute Gasteiger partial charge is 0.123 e. The molecule has 100 valence electrons. The van der Waals surface area contributed by atoms with Crippen LogP contribution in [0.25, 0.3) is 0 Å². The number of benzene rings is 1. The van der Waals surface area contributed by atoms with Gasteiger partial charge in [0.15, 0.2) is 0 Å². The molecule has 1 aromatic rings. The summed E-state index contributed by atoms with van der Waals surface area (Å²) >= 11 is 0. The van der Waals surface area contributed by atoms with Crippen molar-refractivity contribution in [1.29, 1.82) is 0 Å². The number of methoxy groups -OCH3 is 1. The van der Waals surface area contributed by atoms with Gasteiger partial charge in [-0.25, -0.2) is 0 Å². The number of nitrogens with zero attached hydrogens (tertiary/aromatic N) is 1. The highest BCUT2D eigenvalue weighted by Crippen LogP contribution is 2.25. The van der Waals surface area contributed by atoms with Crippen LogP contribution in [0.3, 0.4) is 0 Å². The van der Waals surface area contributed by atoms with Crippen LogP contribution in [0, 0.1) is 13.8 Å². The third-order valence-corrected chi connectivity index (χ3v) is 3.61. The highest BCUT2D eigenvalue weighted by molar-refractivity contribution is 5.43. The summed E-state index contributed by atoms with van der Waals surface area (Å²) in [4.78, 5) is 2.51. The maximum Gasteiger partial charge on any atom is 0.123 e. The molecule has 0 aliphatic carbocycles. The van der Waals surface area contributed by atoms with E-state index in [4.69, 9.17) is 4.74 Å². The molecule has 18 heavy (non-hydrogen) atoms. The molecule has 2 rings (SSSR count). The monoisotopic (exact) mass is 248 g/mol. The molecule has 0 radical (unpaired) electrons. The quantitative estimate of drug-likeness (QED) is 0.886. The van der Waals surface area contributed by atoms with Crippen LogP contribution in [-0.2, 0) is 6.54 Å². The van der Waals surface area contributed by atoms with Crippen LogP contribution in [0.5, 0.6) is 5.75 Å². The second-order valence-electron chi connectivity index (χ2n) is 5.14. The van der Waals surface area contributed by atoms with Gasteiger partial charge in [-0.05, 0) is 50.6 Å². The largest absolute Gasteiger partial charge is 0.496 e. The fourth-order valence-electron chi connectivity index (χ4n) is 2.63. The first-order chi connectivity index (χ1) is 8.70. The second kappa shape index (κ2) is 6.21. The van der Waals surface area contributed by atoms with Gasteiger partial charge in [0, 0.05) is 25.2 Å². The third-order valence-electron chi connectivity index (χ3n) is 3.61. The summed E-state index contributed by atoms with van der Waals surface area (Å²) in [5, 5.41) is 3.44. The Labute approximate surface area is 110 Å². The molecule has 0 atom stereocenters. The van der Waals surface area contributed by atoms with E-state index in [2.05, 4.69) is 36.2 Å². The zero-order valence-electron chi connectivity index (χ0n) is 11.8. The SMILES string of the molecule is COc1cc(C)cc(C)c1CN1CCCNCC1. The topological polar surface area (TPSA) is 24.5 Å². The van der Waals surface area contributed by atoms with E-state index in [1.807, 2.05) is 0 Å². The molecular formula is C15H24N2O. The van der Waals surface area contributed by atoms with Crippen molar-refractivity contribution in [3.8, 4) is 5.75 Å². The number of aryl methyl sites for hydroxylation is 2. The lowest BCUT2D eigenvalue weighted by Crippen LogP contribution is -2.28. The predicted molar refractivity (Wildman–Crippen MR) is 75.2 cm³/mol. The zero-order valence-corrected chi connectivity index (χ0v) is 11.8. The molecule has 1 N–H and O–H groups in total. The molecule has 0 amide bonds. The van der Waals surface area contributed by atoms with Crippen LogP contribution in [-0.4, -0.2) is 38.2 Å². The molecule has 1 heterocycles. The summed E-state index contributed by atoms with van der Waals surface area (Å²) in [5.74, 6) is 1.03. The molecule has 0 aromatic heterocycles. The van der Waals surface area contributed by atoms with E-state index in [-0.39, 0.29) is 0 Å². The average Bonchev–Trinajstić information content (AvgIpc) is 2.60. The fourth-order valence-corrected chi connectivity index (χ4v) is 2.63. The van der Waals surface area contributed by atoms with Gasteiger partial charge in [0.1, 0.15) is 5.75 Å². The molecule has 1 aliphatic rings. The molecular weight excluding hydrogens is 224 g/mol. The van der Waals surface area contributed by atoms with Crippen molar-refractivity contribution in [2.75, 3.05) is 33.3 Å². The molecule has 0 spiro atoms. The Balaban J connectivity index is 2.16. The minimum absolute atomic E-state index is 0.997. The minimum Gasteiger partial charge on any atom is -0.496 e. The van der Waals surface area contributed by atoms with Gasteiger partial charge in [-0.3, -0.25) is 4.90 Å². The summed E-state index contributed by atoms with van der Waals surface area (Å²) in [5.41, 5.74) is 3.94. The second-order valence-corrected chi connectivity index (χ2v) is 5.14. The van der Waals surface area contributed by atoms with Gasteiger partial charge in [0.25, 0.3) is 0 Å². The van der Waals surface area contributed by atoms with Gasteiger partial charge in [-0.2, -0.15) is 0 Å².